The van der Waals surface area contributed by atoms with Gasteiger partial charge in [-0.2, -0.15) is 0 Å². The Labute approximate surface area is 62.0 Å². The molecule has 4 heteroatoms. The zero-order valence-corrected chi connectivity index (χ0v) is 5.45. The van der Waals surface area contributed by atoms with E-state index in [-0.39, 0.29) is 5.75 Å². The second kappa shape index (κ2) is 3.01. The Morgan fingerprint density at radius 1 is 1.45 bits per heavy atom. The zero-order chi connectivity index (χ0) is 8.27. The highest BCUT2D eigenvalue weighted by Crippen LogP contribution is 2.14. The van der Waals surface area contributed by atoms with Gasteiger partial charge in [0.2, 0.25) is 0 Å². The summed E-state index contributed by atoms with van der Waals surface area (Å²) in [6, 6.07) is 5.30. The highest BCUT2D eigenvalue weighted by atomic mass is 19.1. The van der Waals surface area contributed by atoms with Crippen molar-refractivity contribution in [3.63, 3.8) is 0 Å². The number of benzene rings is 1. The van der Waals surface area contributed by atoms with Gasteiger partial charge in [0.1, 0.15) is 0 Å². The molecular weight excluding hydrogens is 151 g/mol. The van der Waals surface area contributed by atoms with Crippen LogP contribution in [0.15, 0.2) is 24.3 Å². The van der Waals surface area contributed by atoms with E-state index >= 15 is 0 Å². The minimum absolute atomic E-state index is 0.278. The summed E-state index contributed by atoms with van der Waals surface area (Å²) in [7, 11) is 0. The minimum Gasteiger partial charge on any atom is -0.449 e. The van der Waals surface area contributed by atoms with Crippen LogP contribution in [0.5, 0.6) is 5.75 Å². The summed E-state index contributed by atoms with van der Waals surface area (Å²) in [5.41, 5.74) is 0. The van der Waals surface area contributed by atoms with E-state index in [1.165, 1.54) is 18.2 Å². The van der Waals surface area contributed by atoms with Gasteiger partial charge in [-0.1, -0.05) is 12.1 Å². The van der Waals surface area contributed by atoms with E-state index in [0.29, 0.717) is 0 Å². The van der Waals surface area contributed by atoms with Crippen molar-refractivity contribution in [3.8, 4) is 5.75 Å². The molecule has 0 saturated carbocycles. The van der Waals surface area contributed by atoms with E-state index in [2.05, 4.69) is 4.74 Å². The van der Waals surface area contributed by atoms with Gasteiger partial charge in [-0.3, -0.25) is 0 Å². The lowest BCUT2D eigenvalue weighted by Gasteiger charge is -1.98. The summed E-state index contributed by atoms with van der Waals surface area (Å²) < 4.78 is 16.6. The molecule has 11 heavy (non-hydrogen) atoms. The molecule has 0 aliphatic carbocycles. The van der Waals surface area contributed by atoms with Crippen LogP contribution in [0.3, 0.4) is 0 Å². The summed E-state index contributed by atoms with van der Waals surface area (Å²) >= 11 is 0. The standard InChI is InChI=1S/C7H5FO3/c8-5-3-1-2-4-6(5)11-7(9)10/h1-4H,(H,9,10). The Balaban J connectivity index is 2.86. The van der Waals surface area contributed by atoms with Crippen LogP contribution in [0.4, 0.5) is 9.18 Å². The van der Waals surface area contributed by atoms with Gasteiger partial charge in [0.25, 0.3) is 0 Å². The van der Waals surface area contributed by atoms with Crippen molar-refractivity contribution in [3.05, 3.63) is 30.1 Å². The van der Waals surface area contributed by atoms with E-state index < -0.39 is 12.0 Å². The minimum atomic E-state index is -1.52. The van der Waals surface area contributed by atoms with Crippen LogP contribution in [0, 0.1) is 5.82 Å². The molecule has 3 nitrogen and oxygen atoms in total. The first-order chi connectivity index (χ1) is 5.20. The molecule has 0 aliphatic rings. The van der Waals surface area contributed by atoms with E-state index in [9.17, 15) is 9.18 Å². The summed E-state index contributed by atoms with van der Waals surface area (Å²) in [5.74, 6) is -0.963. The maximum Gasteiger partial charge on any atom is 0.511 e. The van der Waals surface area contributed by atoms with E-state index in [1.807, 2.05) is 0 Å². The lowest BCUT2D eigenvalue weighted by atomic mass is 10.3. The number of carboxylic acid groups (broad SMARTS) is 1. The highest BCUT2D eigenvalue weighted by Gasteiger charge is 2.04. The first-order valence-corrected chi connectivity index (χ1v) is 2.85. The smallest absolute Gasteiger partial charge is 0.449 e. The molecule has 1 N–H and O–H groups in total. The van der Waals surface area contributed by atoms with Gasteiger partial charge >= 0.3 is 6.16 Å². The quantitative estimate of drug-likeness (QED) is 0.498. The third kappa shape index (κ3) is 1.93. The number of ether oxygens (including phenoxy) is 1. The fourth-order valence-corrected chi connectivity index (χ4v) is 0.622. The first kappa shape index (κ1) is 7.53. The summed E-state index contributed by atoms with van der Waals surface area (Å²) in [5, 5.41) is 8.10. The molecule has 0 unspecified atom stereocenters. The third-order valence-corrected chi connectivity index (χ3v) is 1.03. The van der Waals surface area contributed by atoms with Gasteiger partial charge in [-0.25, -0.2) is 9.18 Å². The second-order valence-corrected chi connectivity index (χ2v) is 1.80. The van der Waals surface area contributed by atoms with Gasteiger partial charge in [0.15, 0.2) is 11.6 Å². The van der Waals surface area contributed by atoms with Crippen molar-refractivity contribution < 1.29 is 19.0 Å². The predicted molar refractivity (Wildman–Crippen MR) is 35.1 cm³/mol. The highest BCUT2D eigenvalue weighted by molar-refractivity contribution is 5.61. The Morgan fingerprint density at radius 2 is 2.09 bits per heavy atom. The Hall–Kier alpha value is -1.58. The predicted octanol–water partition coefficient (Wildman–Crippen LogP) is 1.88. The molecule has 0 heterocycles. The van der Waals surface area contributed by atoms with Crippen molar-refractivity contribution in [2.75, 3.05) is 0 Å². The SMILES string of the molecule is O=C(O)Oc1ccccc1F. The monoisotopic (exact) mass is 156 g/mol. The third-order valence-electron chi connectivity index (χ3n) is 1.03. The van der Waals surface area contributed by atoms with Crippen LogP contribution in [0.2, 0.25) is 0 Å². The molecule has 0 atom stereocenters. The first-order valence-electron chi connectivity index (χ1n) is 2.85. The molecule has 0 aliphatic heterocycles. The number of halogens is 1. The largest absolute Gasteiger partial charge is 0.511 e. The Kier molecular flexibility index (Phi) is 2.06. The van der Waals surface area contributed by atoms with Gasteiger partial charge in [0, 0.05) is 0 Å². The summed E-state index contributed by atoms with van der Waals surface area (Å²) in [4.78, 5) is 9.93. The zero-order valence-electron chi connectivity index (χ0n) is 5.45. The molecule has 0 saturated heterocycles. The Morgan fingerprint density at radius 3 is 2.64 bits per heavy atom. The molecule has 0 amide bonds. The van der Waals surface area contributed by atoms with Crippen molar-refractivity contribution in [2.45, 2.75) is 0 Å². The Bertz CT molecular complexity index is 272. The molecule has 0 fully saturated rings. The van der Waals surface area contributed by atoms with Gasteiger partial charge < -0.3 is 9.84 Å². The molecule has 0 aromatic heterocycles. The molecule has 1 aromatic rings. The molecule has 58 valence electrons. The van der Waals surface area contributed by atoms with Gasteiger partial charge in [0.05, 0.1) is 0 Å². The molecule has 1 rings (SSSR count). The lowest BCUT2D eigenvalue weighted by molar-refractivity contribution is 0.142. The van der Waals surface area contributed by atoms with E-state index in [1.54, 1.807) is 0 Å². The van der Waals surface area contributed by atoms with E-state index in [0.717, 1.165) is 6.07 Å². The molecule has 0 radical (unpaired) electrons. The van der Waals surface area contributed by atoms with Crippen LogP contribution in [-0.4, -0.2) is 11.3 Å². The average molecular weight is 156 g/mol. The van der Waals surface area contributed by atoms with Crippen molar-refractivity contribution in [1.29, 1.82) is 0 Å². The molecular formula is C7H5FO3. The van der Waals surface area contributed by atoms with Crippen LogP contribution in [-0.2, 0) is 0 Å². The number of hydrogen-bond acceptors (Lipinski definition) is 2. The fourth-order valence-electron chi connectivity index (χ4n) is 0.622. The van der Waals surface area contributed by atoms with Crippen LogP contribution >= 0.6 is 0 Å². The maximum absolute atomic E-state index is 12.6. The summed E-state index contributed by atoms with van der Waals surface area (Å²) in [6.07, 6.45) is -1.52. The van der Waals surface area contributed by atoms with Gasteiger partial charge in [-0.05, 0) is 12.1 Å². The van der Waals surface area contributed by atoms with Crippen molar-refractivity contribution in [2.24, 2.45) is 0 Å². The van der Waals surface area contributed by atoms with Crippen molar-refractivity contribution in [1.82, 2.24) is 0 Å². The summed E-state index contributed by atoms with van der Waals surface area (Å²) in [6.45, 7) is 0. The van der Waals surface area contributed by atoms with Crippen LogP contribution in [0.25, 0.3) is 0 Å². The average Bonchev–Trinajstić information content (AvgIpc) is 1.93. The molecule has 0 bridgehead atoms. The lowest BCUT2D eigenvalue weighted by Crippen LogP contribution is -2.04. The number of rotatable bonds is 1. The van der Waals surface area contributed by atoms with Gasteiger partial charge in [-0.15, -0.1) is 0 Å². The number of para-hydroxylation sites is 1. The van der Waals surface area contributed by atoms with Crippen LogP contribution in [0.1, 0.15) is 0 Å². The van der Waals surface area contributed by atoms with E-state index in [4.69, 9.17) is 5.11 Å². The molecule has 0 spiro atoms. The number of hydrogen-bond donors (Lipinski definition) is 1. The topological polar surface area (TPSA) is 46.5 Å². The number of carbonyl (C=O) groups is 1. The molecule has 1 aromatic carbocycles. The van der Waals surface area contributed by atoms with Crippen LogP contribution < -0.4 is 4.74 Å². The van der Waals surface area contributed by atoms with Crippen molar-refractivity contribution >= 4 is 6.16 Å². The second-order valence-electron chi connectivity index (χ2n) is 1.80. The fraction of sp³-hybridized carbons (Fsp3) is 0. The maximum atomic E-state index is 12.6. The normalized spacial score (nSPS) is 9.18.